The van der Waals surface area contributed by atoms with Crippen molar-refractivity contribution in [2.24, 2.45) is 0 Å². The Hall–Kier alpha value is -2.15. The van der Waals surface area contributed by atoms with Gasteiger partial charge in [0.2, 0.25) is 5.91 Å². The van der Waals surface area contributed by atoms with Gasteiger partial charge in [-0.1, -0.05) is 12.1 Å². The molecule has 26 heavy (non-hydrogen) atoms. The molecule has 0 bridgehead atoms. The van der Waals surface area contributed by atoms with Crippen LogP contribution in [0.25, 0.3) is 0 Å². The molecule has 0 aliphatic carbocycles. The van der Waals surface area contributed by atoms with E-state index in [1.165, 1.54) is 12.1 Å². The second-order valence-corrected chi connectivity index (χ2v) is 5.61. The number of amides is 1. The Morgan fingerprint density at radius 3 is 2.69 bits per heavy atom. The third-order valence-electron chi connectivity index (χ3n) is 3.54. The second kappa shape index (κ2) is 11.5. The maximum absolute atomic E-state index is 13.2. The van der Waals surface area contributed by atoms with Crippen LogP contribution in [0.2, 0.25) is 0 Å². The first-order chi connectivity index (χ1) is 12.1. The summed E-state index contributed by atoms with van der Waals surface area (Å²) < 4.78 is 23.7. The van der Waals surface area contributed by atoms with Gasteiger partial charge in [0.1, 0.15) is 18.2 Å². The van der Waals surface area contributed by atoms with E-state index in [1.54, 1.807) is 31.4 Å². The Morgan fingerprint density at radius 2 is 2.00 bits per heavy atom. The number of ether oxygens (including phenoxy) is 2. The molecule has 0 fully saturated rings. The van der Waals surface area contributed by atoms with Gasteiger partial charge in [0.25, 0.3) is 0 Å². The molecular formula is C19H24ClFN2O3. The molecular weight excluding hydrogens is 359 g/mol. The number of methoxy groups -OCH3 is 1. The topological polar surface area (TPSA) is 59.6 Å². The number of rotatable bonds is 9. The zero-order chi connectivity index (χ0) is 18.1. The van der Waals surface area contributed by atoms with Gasteiger partial charge in [0.15, 0.2) is 0 Å². The minimum Gasteiger partial charge on any atom is -0.489 e. The lowest BCUT2D eigenvalue weighted by atomic mass is 10.2. The lowest BCUT2D eigenvalue weighted by Crippen LogP contribution is -2.30. The fourth-order valence-electron chi connectivity index (χ4n) is 2.23. The summed E-state index contributed by atoms with van der Waals surface area (Å²) in [6.07, 6.45) is 0. The predicted octanol–water partition coefficient (Wildman–Crippen LogP) is 3.31. The molecule has 2 aromatic rings. The number of hydrogen-bond donors (Lipinski definition) is 2. The molecule has 0 aliphatic rings. The van der Waals surface area contributed by atoms with E-state index in [9.17, 15) is 9.18 Å². The van der Waals surface area contributed by atoms with Crippen molar-refractivity contribution in [3.05, 3.63) is 59.4 Å². The predicted molar refractivity (Wildman–Crippen MR) is 103 cm³/mol. The van der Waals surface area contributed by atoms with Crippen LogP contribution in [0.15, 0.2) is 42.5 Å². The number of aryl methyl sites for hydroxylation is 1. The van der Waals surface area contributed by atoms with Crippen LogP contribution in [0.5, 0.6) is 5.75 Å². The van der Waals surface area contributed by atoms with Gasteiger partial charge < -0.3 is 20.1 Å². The SMILES string of the molecule is COCCNCC(=O)Nc1ccc(OCc2cccc(F)c2)cc1C.Cl. The molecule has 0 saturated carbocycles. The van der Waals surface area contributed by atoms with Crippen molar-refractivity contribution in [3.63, 3.8) is 0 Å². The number of hydrogen-bond acceptors (Lipinski definition) is 4. The quantitative estimate of drug-likeness (QED) is 0.653. The Kier molecular flexibility index (Phi) is 9.65. The summed E-state index contributed by atoms with van der Waals surface area (Å²) in [5, 5.41) is 5.84. The second-order valence-electron chi connectivity index (χ2n) is 5.61. The van der Waals surface area contributed by atoms with Crippen molar-refractivity contribution in [1.82, 2.24) is 5.32 Å². The Morgan fingerprint density at radius 1 is 1.19 bits per heavy atom. The number of halogens is 2. The number of carbonyl (C=O) groups excluding carboxylic acids is 1. The molecule has 2 rings (SSSR count). The smallest absolute Gasteiger partial charge is 0.238 e. The van der Waals surface area contributed by atoms with Crippen LogP contribution in [0, 0.1) is 12.7 Å². The van der Waals surface area contributed by atoms with Crippen LogP contribution in [-0.4, -0.2) is 32.7 Å². The Balaban J connectivity index is 0.00000338. The van der Waals surface area contributed by atoms with E-state index in [-0.39, 0.29) is 37.3 Å². The van der Waals surface area contributed by atoms with E-state index in [0.717, 1.165) is 16.8 Å². The molecule has 2 N–H and O–H groups in total. The average Bonchev–Trinajstić information content (AvgIpc) is 2.59. The first-order valence-electron chi connectivity index (χ1n) is 8.06. The molecule has 0 spiro atoms. The molecule has 0 saturated heterocycles. The van der Waals surface area contributed by atoms with Crippen molar-refractivity contribution in [1.29, 1.82) is 0 Å². The van der Waals surface area contributed by atoms with Crippen LogP contribution in [0.3, 0.4) is 0 Å². The van der Waals surface area contributed by atoms with Crippen LogP contribution >= 0.6 is 12.4 Å². The highest BCUT2D eigenvalue weighted by atomic mass is 35.5. The van der Waals surface area contributed by atoms with Gasteiger partial charge in [0, 0.05) is 19.3 Å². The summed E-state index contributed by atoms with van der Waals surface area (Å²) in [5.41, 5.74) is 2.38. The highest BCUT2D eigenvalue weighted by molar-refractivity contribution is 5.93. The third-order valence-corrected chi connectivity index (χ3v) is 3.54. The highest BCUT2D eigenvalue weighted by Crippen LogP contribution is 2.22. The van der Waals surface area contributed by atoms with Crippen molar-refractivity contribution < 1.29 is 18.7 Å². The lowest BCUT2D eigenvalue weighted by molar-refractivity contribution is -0.115. The molecule has 5 nitrogen and oxygen atoms in total. The summed E-state index contributed by atoms with van der Waals surface area (Å²) in [6.45, 7) is 3.58. The first kappa shape index (κ1) is 21.9. The fourth-order valence-corrected chi connectivity index (χ4v) is 2.23. The van der Waals surface area contributed by atoms with Crippen LogP contribution in [-0.2, 0) is 16.1 Å². The number of carbonyl (C=O) groups is 1. The summed E-state index contributed by atoms with van der Waals surface area (Å²) in [4.78, 5) is 11.9. The van der Waals surface area contributed by atoms with Crippen molar-refractivity contribution in [2.75, 3.05) is 32.1 Å². The monoisotopic (exact) mass is 382 g/mol. The van der Waals surface area contributed by atoms with Gasteiger partial charge in [-0.3, -0.25) is 4.79 Å². The fraction of sp³-hybridized carbons (Fsp3) is 0.316. The summed E-state index contributed by atoms with van der Waals surface area (Å²) >= 11 is 0. The first-order valence-corrected chi connectivity index (χ1v) is 8.06. The molecule has 0 atom stereocenters. The minimum atomic E-state index is -0.283. The number of anilines is 1. The van der Waals surface area contributed by atoms with Crippen LogP contribution in [0.4, 0.5) is 10.1 Å². The summed E-state index contributed by atoms with van der Waals surface area (Å²) in [6, 6.07) is 11.7. The van der Waals surface area contributed by atoms with Crippen LogP contribution < -0.4 is 15.4 Å². The van der Waals surface area contributed by atoms with E-state index in [4.69, 9.17) is 9.47 Å². The van der Waals surface area contributed by atoms with Crippen LogP contribution in [0.1, 0.15) is 11.1 Å². The number of benzene rings is 2. The zero-order valence-electron chi connectivity index (χ0n) is 14.9. The van der Waals surface area contributed by atoms with Crippen molar-refractivity contribution >= 4 is 24.0 Å². The summed E-state index contributed by atoms with van der Waals surface area (Å²) in [7, 11) is 1.61. The molecule has 0 aliphatic heterocycles. The molecule has 0 heterocycles. The van der Waals surface area contributed by atoms with E-state index in [0.29, 0.717) is 18.9 Å². The van der Waals surface area contributed by atoms with Gasteiger partial charge in [-0.2, -0.15) is 0 Å². The van der Waals surface area contributed by atoms with E-state index < -0.39 is 0 Å². The lowest BCUT2D eigenvalue weighted by Gasteiger charge is -2.12. The molecule has 1 amide bonds. The molecule has 0 radical (unpaired) electrons. The molecule has 0 unspecified atom stereocenters. The van der Waals surface area contributed by atoms with Gasteiger partial charge in [0.05, 0.1) is 13.2 Å². The third kappa shape index (κ3) is 7.39. The molecule has 142 valence electrons. The molecule has 0 aromatic heterocycles. The average molecular weight is 383 g/mol. The van der Waals surface area contributed by atoms with Gasteiger partial charge in [-0.15, -0.1) is 12.4 Å². The summed E-state index contributed by atoms with van der Waals surface area (Å²) in [5.74, 6) is 0.264. The Labute approximate surface area is 159 Å². The largest absolute Gasteiger partial charge is 0.489 e. The number of nitrogens with one attached hydrogen (secondary N) is 2. The van der Waals surface area contributed by atoms with Crippen molar-refractivity contribution in [3.8, 4) is 5.75 Å². The van der Waals surface area contributed by atoms with Crippen molar-refractivity contribution in [2.45, 2.75) is 13.5 Å². The van der Waals surface area contributed by atoms with E-state index in [2.05, 4.69) is 10.6 Å². The minimum absolute atomic E-state index is 0. The highest BCUT2D eigenvalue weighted by Gasteiger charge is 2.06. The molecule has 7 heteroatoms. The normalized spacial score (nSPS) is 10.1. The van der Waals surface area contributed by atoms with Gasteiger partial charge >= 0.3 is 0 Å². The molecule has 2 aromatic carbocycles. The van der Waals surface area contributed by atoms with E-state index in [1.807, 2.05) is 13.0 Å². The van der Waals surface area contributed by atoms with Gasteiger partial charge in [-0.25, -0.2) is 4.39 Å². The van der Waals surface area contributed by atoms with E-state index >= 15 is 0 Å². The van der Waals surface area contributed by atoms with Gasteiger partial charge in [-0.05, 0) is 48.4 Å². The Bertz CT molecular complexity index is 713. The maximum atomic E-state index is 13.2. The standard InChI is InChI=1S/C19H23FN2O3.ClH/c1-14-10-17(25-13-15-4-3-5-16(20)11-15)6-7-18(14)22-19(23)12-21-8-9-24-2;/h3-7,10-11,21H,8-9,12-13H2,1-2H3,(H,22,23);1H. The maximum Gasteiger partial charge on any atom is 0.238 e. The zero-order valence-corrected chi connectivity index (χ0v) is 15.7.